The lowest BCUT2D eigenvalue weighted by molar-refractivity contribution is -0.137. The molecule has 120 valence electrons. The summed E-state index contributed by atoms with van der Waals surface area (Å²) in [5.41, 5.74) is 8.18. The standard InChI is InChI=1S/C18H26N2O2/c1-13(11-19)18(21)20(16-4-2-3-5-16)12-14-6-7-17-15(10-14)8-9-22-17/h6-7,10,13,16H,2-5,8-9,11-12,19H2,1H3. The van der Waals surface area contributed by atoms with E-state index in [1.54, 1.807) is 0 Å². The predicted molar refractivity (Wildman–Crippen MR) is 86.7 cm³/mol. The summed E-state index contributed by atoms with van der Waals surface area (Å²) in [5, 5.41) is 0. The molecule has 1 atom stereocenters. The van der Waals surface area contributed by atoms with Crippen molar-refractivity contribution >= 4 is 5.91 Å². The Morgan fingerprint density at radius 1 is 1.41 bits per heavy atom. The maximum absolute atomic E-state index is 12.7. The van der Waals surface area contributed by atoms with E-state index in [0.29, 0.717) is 19.1 Å². The van der Waals surface area contributed by atoms with E-state index >= 15 is 0 Å². The first-order chi connectivity index (χ1) is 10.7. The van der Waals surface area contributed by atoms with Crippen molar-refractivity contribution in [2.45, 2.75) is 51.6 Å². The Morgan fingerprint density at radius 2 is 2.18 bits per heavy atom. The normalized spacial score (nSPS) is 18.8. The molecule has 0 saturated heterocycles. The van der Waals surface area contributed by atoms with Crippen molar-refractivity contribution in [3.8, 4) is 5.75 Å². The molecule has 1 heterocycles. The summed E-state index contributed by atoms with van der Waals surface area (Å²) in [6.07, 6.45) is 5.67. The van der Waals surface area contributed by atoms with E-state index in [2.05, 4.69) is 17.0 Å². The van der Waals surface area contributed by atoms with Gasteiger partial charge in [-0.05, 0) is 30.0 Å². The van der Waals surface area contributed by atoms with Crippen molar-refractivity contribution in [1.29, 1.82) is 0 Å². The fourth-order valence-corrected chi connectivity index (χ4v) is 3.52. The van der Waals surface area contributed by atoms with Crippen molar-refractivity contribution < 1.29 is 9.53 Å². The number of ether oxygens (including phenoxy) is 1. The molecule has 1 aromatic carbocycles. The van der Waals surface area contributed by atoms with Crippen LogP contribution in [0.4, 0.5) is 0 Å². The minimum absolute atomic E-state index is 0.0987. The molecule has 1 aromatic rings. The molecule has 1 fully saturated rings. The van der Waals surface area contributed by atoms with Crippen LogP contribution >= 0.6 is 0 Å². The van der Waals surface area contributed by atoms with Crippen LogP contribution in [0.1, 0.15) is 43.7 Å². The van der Waals surface area contributed by atoms with Crippen LogP contribution in [0.15, 0.2) is 18.2 Å². The van der Waals surface area contributed by atoms with Crippen molar-refractivity contribution in [1.82, 2.24) is 4.90 Å². The van der Waals surface area contributed by atoms with Gasteiger partial charge in [-0.3, -0.25) is 4.79 Å². The highest BCUT2D eigenvalue weighted by atomic mass is 16.5. The smallest absolute Gasteiger partial charge is 0.227 e. The number of hydrogen-bond acceptors (Lipinski definition) is 3. The lowest BCUT2D eigenvalue weighted by Gasteiger charge is -2.31. The Kier molecular flexibility index (Phi) is 4.67. The van der Waals surface area contributed by atoms with E-state index in [1.165, 1.54) is 24.0 Å². The maximum atomic E-state index is 12.7. The van der Waals surface area contributed by atoms with Crippen molar-refractivity contribution in [3.63, 3.8) is 0 Å². The summed E-state index contributed by atoms with van der Waals surface area (Å²) in [6.45, 7) is 3.82. The molecule has 0 bridgehead atoms. The minimum atomic E-state index is -0.0987. The highest BCUT2D eigenvalue weighted by molar-refractivity contribution is 5.79. The van der Waals surface area contributed by atoms with Crippen molar-refractivity contribution in [2.24, 2.45) is 11.7 Å². The topological polar surface area (TPSA) is 55.6 Å². The molecule has 1 aliphatic carbocycles. The zero-order chi connectivity index (χ0) is 15.5. The van der Waals surface area contributed by atoms with E-state index in [-0.39, 0.29) is 11.8 Å². The Hall–Kier alpha value is -1.55. The highest BCUT2D eigenvalue weighted by Crippen LogP contribution is 2.29. The Balaban J connectivity index is 1.78. The quantitative estimate of drug-likeness (QED) is 0.909. The summed E-state index contributed by atoms with van der Waals surface area (Å²) >= 11 is 0. The largest absolute Gasteiger partial charge is 0.493 e. The third-order valence-corrected chi connectivity index (χ3v) is 4.93. The van der Waals surface area contributed by atoms with Crippen LogP contribution in [0.2, 0.25) is 0 Å². The van der Waals surface area contributed by atoms with Gasteiger partial charge < -0.3 is 15.4 Å². The zero-order valence-corrected chi connectivity index (χ0v) is 13.4. The van der Waals surface area contributed by atoms with Crippen molar-refractivity contribution in [3.05, 3.63) is 29.3 Å². The van der Waals surface area contributed by atoms with E-state index in [0.717, 1.165) is 31.6 Å². The number of fused-ring (bicyclic) bond motifs is 1. The van der Waals surface area contributed by atoms with Crippen molar-refractivity contribution in [2.75, 3.05) is 13.2 Å². The van der Waals surface area contributed by atoms with Crippen LogP contribution in [0.5, 0.6) is 5.75 Å². The summed E-state index contributed by atoms with van der Waals surface area (Å²) in [7, 11) is 0. The number of nitrogens with two attached hydrogens (primary N) is 1. The average molecular weight is 302 g/mol. The molecule has 0 spiro atoms. The van der Waals surface area contributed by atoms with Crippen LogP contribution in [-0.4, -0.2) is 30.0 Å². The van der Waals surface area contributed by atoms with E-state index in [4.69, 9.17) is 10.5 Å². The van der Waals surface area contributed by atoms with Crippen LogP contribution < -0.4 is 10.5 Å². The summed E-state index contributed by atoms with van der Waals surface area (Å²) < 4.78 is 5.56. The molecular weight excluding hydrogens is 276 g/mol. The average Bonchev–Trinajstić information content (AvgIpc) is 3.21. The molecule has 1 saturated carbocycles. The fourth-order valence-electron chi connectivity index (χ4n) is 3.52. The lowest BCUT2D eigenvalue weighted by Crippen LogP contribution is -2.43. The van der Waals surface area contributed by atoms with Gasteiger partial charge in [-0.15, -0.1) is 0 Å². The molecular formula is C18H26N2O2. The zero-order valence-electron chi connectivity index (χ0n) is 13.4. The van der Waals surface area contributed by atoms with Crippen LogP contribution in [0.3, 0.4) is 0 Å². The van der Waals surface area contributed by atoms with Crippen LogP contribution in [0.25, 0.3) is 0 Å². The molecule has 1 aliphatic heterocycles. The Labute approximate surface area is 132 Å². The fraction of sp³-hybridized carbons (Fsp3) is 0.611. The molecule has 4 heteroatoms. The van der Waals surface area contributed by atoms with Gasteiger partial charge >= 0.3 is 0 Å². The van der Waals surface area contributed by atoms with Gasteiger partial charge in [-0.1, -0.05) is 31.9 Å². The minimum Gasteiger partial charge on any atom is -0.493 e. The number of carbonyl (C=O) groups is 1. The van der Waals surface area contributed by atoms with Gasteiger partial charge in [0.05, 0.1) is 6.61 Å². The molecule has 1 amide bonds. The number of nitrogens with zero attached hydrogens (tertiary/aromatic N) is 1. The SMILES string of the molecule is CC(CN)C(=O)N(Cc1ccc2c(c1)CCO2)C1CCCC1. The van der Waals surface area contributed by atoms with Gasteiger partial charge in [0.1, 0.15) is 5.75 Å². The second-order valence-electron chi connectivity index (χ2n) is 6.58. The van der Waals surface area contributed by atoms with Gasteiger partial charge in [-0.25, -0.2) is 0 Å². The van der Waals surface area contributed by atoms with Gasteiger partial charge in [0.25, 0.3) is 0 Å². The van der Waals surface area contributed by atoms with E-state index in [9.17, 15) is 4.79 Å². The second kappa shape index (κ2) is 6.69. The molecule has 22 heavy (non-hydrogen) atoms. The molecule has 2 aliphatic rings. The first-order valence-electron chi connectivity index (χ1n) is 8.44. The first-order valence-corrected chi connectivity index (χ1v) is 8.44. The van der Waals surface area contributed by atoms with Gasteiger partial charge in [0, 0.05) is 31.5 Å². The highest BCUT2D eigenvalue weighted by Gasteiger charge is 2.29. The third kappa shape index (κ3) is 3.12. The van der Waals surface area contributed by atoms with Crippen LogP contribution in [-0.2, 0) is 17.8 Å². The Morgan fingerprint density at radius 3 is 2.91 bits per heavy atom. The lowest BCUT2D eigenvalue weighted by atomic mass is 10.0. The summed E-state index contributed by atoms with van der Waals surface area (Å²) in [5.74, 6) is 1.10. The predicted octanol–water partition coefficient (Wildman–Crippen LogP) is 2.49. The monoisotopic (exact) mass is 302 g/mol. The number of rotatable bonds is 5. The van der Waals surface area contributed by atoms with Gasteiger partial charge in [0.15, 0.2) is 0 Å². The first kappa shape index (κ1) is 15.3. The Bertz CT molecular complexity index is 538. The molecule has 3 rings (SSSR count). The molecule has 1 unspecified atom stereocenters. The van der Waals surface area contributed by atoms with Gasteiger partial charge in [-0.2, -0.15) is 0 Å². The number of amides is 1. The molecule has 0 radical (unpaired) electrons. The van der Waals surface area contributed by atoms with Crippen LogP contribution in [0, 0.1) is 5.92 Å². The van der Waals surface area contributed by atoms with E-state index < -0.39 is 0 Å². The van der Waals surface area contributed by atoms with E-state index in [1.807, 2.05) is 13.0 Å². The molecule has 2 N–H and O–H groups in total. The molecule has 0 aromatic heterocycles. The number of hydrogen-bond donors (Lipinski definition) is 1. The third-order valence-electron chi connectivity index (χ3n) is 4.93. The summed E-state index contributed by atoms with van der Waals surface area (Å²) in [6, 6.07) is 6.71. The van der Waals surface area contributed by atoms with Gasteiger partial charge in [0.2, 0.25) is 5.91 Å². The molecule has 4 nitrogen and oxygen atoms in total. The maximum Gasteiger partial charge on any atom is 0.227 e. The second-order valence-corrected chi connectivity index (χ2v) is 6.58. The number of carbonyl (C=O) groups excluding carboxylic acids is 1. The number of benzene rings is 1. The summed E-state index contributed by atoms with van der Waals surface area (Å²) in [4.78, 5) is 14.8.